The van der Waals surface area contributed by atoms with Crippen LogP contribution < -0.4 is 4.90 Å². The second kappa shape index (κ2) is 5.53. The molecule has 0 atom stereocenters. The molecule has 2 heterocycles. The van der Waals surface area contributed by atoms with Crippen LogP contribution >= 0.6 is 0 Å². The molecule has 0 fully saturated rings. The van der Waals surface area contributed by atoms with Crippen LogP contribution in [-0.4, -0.2) is 31.2 Å². The van der Waals surface area contributed by atoms with Crippen molar-refractivity contribution in [3.8, 4) is 0 Å². The van der Waals surface area contributed by atoms with Gasteiger partial charge in [-0.15, -0.1) is 0 Å². The van der Waals surface area contributed by atoms with Crippen LogP contribution in [0, 0.1) is 0 Å². The number of nitrogens with zero attached hydrogens (tertiary/aromatic N) is 2. The van der Waals surface area contributed by atoms with Gasteiger partial charge in [-0.2, -0.15) is 0 Å². The SMILES string of the molecule is CCN(CCC(=O)OC)c1nccc2occc12. The summed E-state index contributed by atoms with van der Waals surface area (Å²) in [4.78, 5) is 17.6. The lowest BCUT2D eigenvalue weighted by Gasteiger charge is -2.21. The highest BCUT2D eigenvalue weighted by Gasteiger charge is 2.13. The Bertz CT molecular complexity index is 536. The lowest BCUT2D eigenvalue weighted by atomic mass is 10.2. The number of carbonyl (C=O) groups excluding carboxylic acids is 1. The van der Waals surface area contributed by atoms with Crippen LogP contribution in [-0.2, 0) is 9.53 Å². The number of aromatic nitrogens is 1. The predicted molar refractivity (Wildman–Crippen MR) is 68.5 cm³/mol. The molecule has 0 amide bonds. The van der Waals surface area contributed by atoms with Gasteiger partial charge in [0.1, 0.15) is 11.4 Å². The van der Waals surface area contributed by atoms with E-state index in [1.807, 2.05) is 24.0 Å². The summed E-state index contributed by atoms with van der Waals surface area (Å²) in [5, 5.41) is 0.962. The largest absolute Gasteiger partial charge is 0.469 e. The number of methoxy groups -OCH3 is 1. The zero-order valence-corrected chi connectivity index (χ0v) is 10.5. The number of anilines is 1. The van der Waals surface area contributed by atoms with Crippen LogP contribution in [0.5, 0.6) is 0 Å². The molecule has 2 rings (SSSR count). The minimum Gasteiger partial charge on any atom is -0.469 e. The first-order valence-electron chi connectivity index (χ1n) is 5.90. The number of ether oxygens (including phenoxy) is 1. The molecule has 18 heavy (non-hydrogen) atoms. The summed E-state index contributed by atoms with van der Waals surface area (Å²) in [6.45, 7) is 3.38. The molecule has 0 unspecified atom stereocenters. The van der Waals surface area contributed by atoms with E-state index in [1.165, 1.54) is 7.11 Å². The van der Waals surface area contributed by atoms with Crippen molar-refractivity contribution in [1.29, 1.82) is 0 Å². The van der Waals surface area contributed by atoms with Gasteiger partial charge in [0.15, 0.2) is 0 Å². The fraction of sp³-hybridized carbons (Fsp3) is 0.385. The first kappa shape index (κ1) is 12.4. The van der Waals surface area contributed by atoms with Gasteiger partial charge in [0, 0.05) is 19.3 Å². The van der Waals surface area contributed by atoms with Gasteiger partial charge in [0.2, 0.25) is 0 Å². The highest BCUT2D eigenvalue weighted by Crippen LogP contribution is 2.25. The molecule has 0 aliphatic rings. The van der Waals surface area contributed by atoms with E-state index < -0.39 is 0 Å². The highest BCUT2D eigenvalue weighted by atomic mass is 16.5. The van der Waals surface area contributed by atoms with Gasteiger partial charge in [0.25, 0.3) is 0 Å². The average Bonchev–Trinajstić information content (AvgIpc) is 2.88. The standard InChI is InChI=1S/C13H16N2O3/c1-3-15(8-5-12(16)17-2)13-10-6-9-18-11(10)4-7-14-13/h4,6-7,9H,3,5,8H2,1-2H3. The van der Waals surface area contributed by atoms with Crippen LogP contribution in [0.2, 0.25) is 0 Å². The fourth-order valence-electron chi connectivity index (χ4n) is 1.87. The normalized spacial score (nSPS) is 10.6. The third-order valence-corrected chi connectivity index (χ3v) is 2.85. The number of hydrogen-bond acceptors (Lipinski definition) is 5. The minimum atomic E-state index is -0.215. The lowest BCUT2D eigenvalue weighted by Crippen LogP contribution is -2.27. The Morgan fingerprint density at radius 2 is 2.33 bits per heavy atom. The molecule has 0 radical (unpaired) electrons. The minimum absolute atomic E-state index is 0.215. The van der Waals surface area contributed by atoms with Crippen molar-refractivity contribution in [3.05, 3.63) is 24.6 Å². The maximum Gasteiger partial charge on any atom is 0.307 e. The van der Waals surface area contributed by atoms with E-state index in [1.54, 1.807) is 12.5 Å². The summed E-state index contributed by atoms with van der Waals surface area (Å²) in [5.74, 6) is 0.625. The Balaban J connectivity index is 2.21. The zero-order valence-electron chi connectivity index (χ0n) is 10.5. The Hall–Kier alpha value is -2.04. The molecule has 5 nitrogen and oxygen atoms in total. The van der Waals surface area contributed by atoms with Crippen molar-refractivity contribution in [2.45, 2.75) is 13.3 Å². The van der Waals surface area contributed by atoms with Crippen molar-refractivity contribution in [2.75, 3.05) is 25.1 Å². The van der Waals surface area contributed by atoms with Crippen molar-refractivity contribution in [2.24, 2.45) is 0 Å². The average molecular weight is 248 g/mol. The number of hydrogen-bond donors (Lipinski definition) is 0. The van der Waals surface area contributed by atoms with Crippen molar-refractivity contribution in [1.82, 2.24) is 4.98 Å². The topological polar surface area (TPSA) is 55.6 Å². The van der Waals surface area contributed by atoms with Gasteiger partial charge in [-0.3, -0.25) is 4.79 Å². The summed E-state index contributed by atoms with van der Waals surface area (Å²) in [5.41, 5.74) is 0.802. The number of furan rings is 1. The monoisotopic (exact) mass is 248 g/mol. The van der Waals surface area contributed by atoms with E-state index in [4.69, 9.17) is 4.42 Å². The summed E-state index contributed by atoms with van der Waals surface area (Å²) in [6, 6.07) is 3.71. The number of pyridine rings is 1. The lowest BCUT2D eigenvalue weighted by molar-refractivity contribution is -0.140. The van der Waals surface area contributed by atoms with Crippen molar-refractivity contribution < 1.29 is 13.9 Å². The molecular formula is C13H16N2O3. The Labute approximate surface area is 105 Å². The van der Waals surface area contributed by atoms with E-state index in [2.05, 4.69) is 9.72 Å². The Morgan fingerprint density at radius 1 is 1.50 bits per heavy atom. The van der Waals surface area contributed by atoms with Crippen molar-refractivity contribution in [3.63, 3.8) is 0 Å². The first-order valence-corrected chi connectivity index (χ1v) is 5.90. The van der Waals surface area contributed by atoms with Crippen LogP contribution in [0.3, 0.4) is 0 Å². The molecule has 0 saturated carbocycles. The maximum absolute atomic E-state index is 11.2. The number of rotatable bonds is 5. The maximum atomic E-state index is 11.2. The summed E-state index contributed by atoms with van der Waals surface area (Å²) < 4.78 is 9.99. The van der Waals surface area contributed by atoms with E-state index in [-0.39, 0.29) is 5.97 Å². The van der Waals surface area contributed by atoms with E-state index in [9.17, 15) is 4.79 Å². The molecule has 0 bridgehead atoms. The highest BCUT2D eigenvalue weighted by molar-refractivity contribution is 5.88. The van der Waals surface area contributed by atoms with Gasteiger partial charge in [0.05, 0.1) is 25.2 Å². The van der Waals surface area contributed by atoms with Gasteiger partial charge >= 0.3 is 5.97 Å². The summed E-state index contributed by atoms with van der Waals surface area (Å²) >= 11 is 0. The summed E-state index contributed by atoms with van der Waals surface area (Å²) in [6.07, 6.45) is 3.70. The quantitative estimate of drug-likeness (QED) is 0.759. The smallest absolute Gasteiger partial charge is 0.307 e. The first-order chi connectivity index (χ1) is 8.76. The van der Waals surface area contributed by atoms with E-state index in [0.717, 1.165) is 23.3 Å². The second-order valence-electron chi connectivity index (χ2n) is 3.87. The molecular weight excluding hydrogens is 232 g/mol. The number of fused-ring (bicyclic) bond motifs is 1. The third-order valence-electron chi connectivity index (χ3n) is 2.85. The van der Waals surface area contributed by atoms with E-state index in [0.29, 0.717) is 13.0 Å². The Morgan fingerprint density at radius 3 is 3.06 bits per heavy atom. The molecule has 0 spiro atoms. The molecule has 2 aromatic rings. The van der Waals surface area contributed by atoms with E-state index >= 15 is 0 Å². The molecule has 0 aliphatic heterocycles. The van der Waals surface area contributed by atoms with Gasteiger partial charge < -0.3 is 14.1 Å². The van der Waals surface area contributed by atoms with Gasteiger partial charge in [-0.05, 0) is 19.1 Å². The molecule has 0 aliphatic carbocycles. The fourth-order valence-corrected chi connectivity index (χ4v) is 1.87. The molecule has 0 N–H and O–H groups in total. The molecule has 5 heteroatoms. The van der Waals surface area contributed by atoms with Gasteiger partial charge in [-0.1, -0.05) is 0 Å². The van der Waals surface area contributed by atoms with Crippen LogP contribution in [0.4, 0.5) is 5.82 Å². The second-order valence-corrected chi connectivity index (χ2v) is 3.87. The molecule has 0 saturated heterocycles. The van der Waals surface area contributed by atoms with Crippen LogP contribution in [0.25, 0.3) is 11.0 Å². The molecule has 0 aromatic carbocycles. The zero-order chi connectivity index (χ0) is 13.0. The summed E-state index contributed by atoms with van der Waals surface area (Å²) in [7, 11) is 1.40. The van der Waals surface area contributed by atoms with Crippen LogP contribution in [0.15, 0.2) is 29.0 Å². The number of carbonyl (C=O) groups is 1. The third kappa shape index (κ3) is 2.45. The number of esters is 1. The van der Waals surface area contributed by atoms with Gasteiger partial charge in [-0.25, -0.2) is 4.98 Å². The Kier molecular flexibility index (Phi) is 3.82. The molecule has 96 valence electrons. The van der Waals surface area contributed by atoms with Crippen molar-refractivity contribution >= 4 is 22.8 Å². The molecule has 2 aromatic heterocycles. The predicted octanol–water partition coefficient (Wildman–Crippen LogP) is 2.22. The van der Waals surface area contributed by atoms with Crippen LogP contribution in [0.1, 0.15) is 13.3 Å².